The van der Waals surface area contributed by atoms with Gasteiger partial charge in [-0.15, -0.1) is 0 Å². The number of halogens is 2. The quantitative estimate of drug-likeness (QED) is 0.796. The Labute approximate surface area is 143 Å². The van der Waals surface area contributed by atoms with Crippen molar-refractivity contribution in [1.29, 1.82) is 0 Å². The van der Waals surface area contributed by atoms with Crippen molar-refractivity contribution in [2.45, 2.75) is 26.9 Å². The normalized spacial score (nSPS) is 11.9. The molecule has 0 aliphatic carbocycles. The molecule has 0 heterocycles. The Morgan fingerprint density at radius 2 is 1.91 bits per heavy atom. The number of hydrogen-bond acceptors (Lipinski definition) is 2. The fourth-order valence-electron chi connectivity index (χ4n) is 1.95. The summed E-state index contributed by atoms with van der Waals surface area (Å²) in [7, 11) is 0. The highest BCUT2D eigenvalue weighted by Gasteiger charge is 2.16. The van der Waals surface area contributed by atoms with E-state index >= 15 is 0 Å². The summed E-state index contributed by atoms with van der Waals surface area (Å²) < 4.78 is 6.64. The summed E-state index contributed by atoms with van der Waals surface area (Å²) in [6, 6.07) is 11.0. The highest BCUT2D eigenvalue weighted by Crippen LogP contribution is 2.23. The van der Waals surface area contributed by atoms with E-state index in [1.807, 2.05) is 38.1 Å². The second-order valence-electron chi connectivity index (χ2n) is 5.12. The minimum absolute atomic E-state index is 0.196. The first-order valence-corrected chi connectivity index (χ1v) is 8.03. The predicted octanol–water partition coefficient (Wildman–Crippen LogP) is 5.13. The average molecular weight is 383 g/mol. The smallest absolute Gasteiger partial charge is 0.265 e. The fourth-order valence-corrected chi connectivity index (χ4v) is 2.54. The van der Waals surface area contributed by atoms with E-state index in [-0.39, 0.29) is 5.91 Å². The van der Waals surface area contributed by atoms with Crippen LogP contribution in [0.4, 0.5) is 5.69 Å². The summed E-state index contributed by atoms with van der Waals surface area (Å²) in [4.78, 5) is 12.2. The number of ether oxygens (including phenoxy) is 1. The number of benzene rings is 2. The Hall–Kier alpha value is -1.52. The van der Waals surface area contributed by atoms with Crippen LogP contribution in [0.25, 0.3) is 0 Å². The highest BCUT2D eigenvalue weighted by atomic mass is 79.9. The maximum absolute atomic E-state index is 12.2. The minimum atomic E-state index is -0.608. The van der Waals surface area contributed by atoms with Crippen LogP contribution in [-0.4, -0.2) is 12.0 Å². The third-order valence-electron chi connectivity index (χ3n) is 3.26. The number of aryl methyl sites for hydroxylation is 2. The van der Waals surface area contributed by atoms with Gasteiger partial charge in [0.15, 0.2) is 6.10 Å². The molecular formula is C17H17BrClNO2. The Morgan fingerprint density at radius 1 is 1.18 bits per heavy atom. The van der Waals surface area contributed by atoms with Gasteiger partial charge >= 0.3 is 0 Å². The van der Waals surface area contributed by atoms with Crippen LogP contribution in [-0.2, 0) is 4.79 Å². The molecule has 0 aromatic heterocycles. The minimum Gasteiger partial charge on any atom is -0.481 e. The van der Waals surface area contributed by atoms with Gasteiger partial charge in [0.25, 0.3) is 5.91 Å². The number of amides is 1. The third kappa shape index (κ3) is 4.24. The van der Waals surface area contributed by atoms with Crippen molar-refractivity contribution in [3.8, 4) is 5.75 Å². The molecule has 0 saturated carbocycles. The number of hydrogen-bond donors (Lipinski definition) is 1. The lowest BCUT2D eigenvalue weighted by molar-refractivity contribution is -0.122. The van der Waals surface area contributed by atoms with Gasteiger partial charge in [0.2, 0.25) is 0 Å². The molecule has 0 fully saturated rings. The lowest BCUT2D eigenvalue weighted by Gasteiger charge is -2.16. The Morgan fingerprint density at radius 3 is 2.55 bits per heavy atom. The Bertz CT molecular complexity index is 703. The molecule has 1 atom stereocenters. The molecule has 116 valence electrons. The summed E-state index contributed by atoms with van der Waals surface area (Å²) in [5.41, 5.74) is 2.67. The SMILES string of the molecule is Cc1cc(OC(C)C(=O)Nc2ccc(Br)cc2C)ccc1Cl. The summed E-state index contributed by atoms with van der Waals surface area (Å²) >= 11 is 9.38. The van der Waals surface area contributed by atoms with E-state index in [0.29, 0.717) is 10.8 Å². The van der Waals surface area contributed by atoms with Crippen molar-refractivity contribution in [2.24, 2.45) is 0 Å². The molecule has 0 aliphatic heterocycles. The zero-order valence-electron chi connectivity index (χ0n) is 12.6. The first-order valence-electron chi connectivity index (χ1n) is 6.86. The number of carbonyl (C=O) groups excluding carboxylic acids is 1. The van der Waals surface area contributed by atoms with Crippen LogP contribution in [0.1, 0.15) is 18.1 Å². The van der Waals surface area contributed by atoms with Crippen molar-refractivity contribution < 1.29 is 9.53 Å². The summed E-state index contributed by atoms with van der Waals surface area (Å²) in [6.45, 7) is 5.55. The molecule has 0 bridgehead atoms. The molecule has 0 spiro atoms. The molecule has 1 unspecified atom stereocenters. The van der Waals surface area contributed by atoms with Gasteiger partial charge in [-0.1, -0.05) is 27.5 Å². The molecule has 22 heavy (non-hydrogen) atoms. The topological polar surface area (TPSA) is 38.3 Å². The van der Waals surface area contributed by atoms with Gasteiger partial charge in [-0.05, 0) is 68.3 Å². The number of nitrogens with one attached hydrogen (secondary N) is 1. The summed E-state index contributed by atoms with van der Waals surface area (Å²) in [5, 5.41) is 3.55. The average Bonchev–Trinajstić information content (AvgIpc) is 2.45. The van der Waals surface area contributed by atoms with E-state index in [2.05, 4.69) is 21.2 Å². The molecule has 0 saturated heterocycles. The van der Waals surface area contributed by atoms with Crippen LogP contribution in [0.5, 0.6) is 5.75 Å². The Balaban J connectivity index is 2.04. The molecular weight excluding hydrogens is 366 g/mol. The predicted molar refractivity (Wildman–Crippen MR) is 93.8 cm³/mol. The van der Waals surface area contributed by atoms with Crippen LogP contribution in [0.15, 0.2) is 40.9 Å². The van der Waals surface area contributed by atoms with E-state index in [1.54, 1.807) is 19.1 Å². The van der Waals surface area contributed by atoms with Crippen LogP contribution >= 0.6 is 27.5 Å². The van der Waals surface area contributed by atoms with Crippen molar-refractivity contribution in [3.63, 3.8) is 0 Å². The molecule has 1 N–H and O–H groups in total. The Kier molecular flexibility index (Phi) is 5.48. The van der Waals surface area contributed by atoms with Gasteiger partial charge in [0.1, 0.15) is 5.75 Å². The number of anilines is 1. The van der Waals surface area contributed by atoms with Gasteiger partial charge in [-0.3, -0.25) is 4.79 Å². The molecule has 2 rings (SSSR count). The largest absolute Gasteiger partial charge is 0.481 e. The van der Waals surface area contributed by atoms with E-state index < -0.39 is 6.10 Å². The number of rotatable bonds is 4. The third-order valence-corrected chi connectivity index (χ3v) is 4.18. The number of carbonyl (C=O) groups is 1. The first-order chi connectivity index (χ1) is 10.4. The molecule has 5 heteroatoms. The zero-order valence-corrected chi connectivity index (χ0v) is 15.0. The second kappa shape index (κ2) is 7.16. The van der Waals surface area contributed by atoms with Crippen molar-refractivity contribution >= 4 is 39.1 Å². The van der Waals surface area contributed by atoms with Crippen LogP contribution < -0.4 is 10.1 Å². The lowest BCUT2D eigenvalue weighted by atomic mass is 10.2. The van der Waals surface area contributed by atoms with E-state index in [1.165, 1.54) is 0 Å². The van der Waals surface area contributed by atoms with Crippen LogP contribution in [0, 0.1) is 13.8 Å². The summed E-state index contributed by atoms with van der Waals surface area (Å²) in [5.74, 6) is 0.426. The monoisotopic (exact) mass is 381 g/mol. The zero-order chi connectivity index (χ0) is 16.3. The maximum atomic E-state index is 12.2. The van der Waals surface area contributed by atoms with E-state index in [4.69, 9.17) is 16.3 Å². The first kappa shape index (κ1) is 16.8. The highest BCUT2D eigenvalue weighted by molar-refractivity contribution is 9.10. The van der Waals surface area contributed by atoms with Gasteiger partial charge in [-0.2, -0.15) is 0 Å². The second-order valence-corrected chi connectivity index (χ2v) is 6.44. The van der Waals surface area contributed by atoms with Crippen molar-refractivity contribution in [1.82, 2.24) is 0 Å². The molecule has 0 radical (unpaired) electrons. The molecule has 0 aliphatic rings. The van der Waals surface area contributed by atoms with E-state index in [9.17, 15) is 4.79 Å². The molecule has 2 aromatic carbocycles. The fraction of sp³-hybridized carbons (Fsp3) is 0.235. The van der Waals surface area contributed by atoms with Gasteiger partial charge in [0, 0.05) is 15.2 Å². The van der Waals surface area contributed by atoms with Crippen molar-refractivity contribution in [3.05, 3.63) is 57.0 Å². The van der Waals surface area contributed by atoms with E-state index in [0.717, 1.165) is 21.3 Å². The lowest BCUT2D eigenvalue weighted by Crippen LogP contribution is -2.30. The maximum Gasteiger partial charge on any atom is 0.265 e. The van der Waals surface area contributed by atoms with Gasteiger partial charge < -0.3 is 10.1 Å². The van der Waals surface area contributed by atoms with Gasteiger partial charge in [-0.25, -0.2) is 0 Å². The standard InChI is InChI=1S/C17H17BrClNO2/c1-10-9-14(5-6-15(10)19)22-12(3)17(21)20-16-7-4-13(18)8-11(16)2/h4-9,12H,1-3H3,(H,20,21). The van der Waals surface area contributed by atoms with Gasteiger partial charge in [0.05, 0.1) is 0 Å². The molecule has 1 amide bonds. The molecule has 3 nitrogen and oxygen atoms in total. The van der Waals surface area contributed by atoms with Crippen molar-refractivity contribution in [2.75, 3.05) is 5.32 Å². The molecule has 2 aromatic rings. The van der Waals surface area contributed by atoms with Crippen LogP contribution in [0.2, 0.25) is 5.02 Å². The summed E-state index contributed by atoms with van der Waals surface area (Å²) in [6.07, 6.45) is -0.608. The van der Waals surface area contributed by atoms with Crippen LogP contribution in [0.3, 0.4) is 0 Å².